The van der Waals surface area contributed by atoms with Crippen LogP contribution in [0.4, 0.5) is 10.5 Å². The van der Waals surface area contributed by atoms with Gasteiger partial charge in [0.15, 0.2) is 0 Å². The van der Waals surface area contributed by atoms with Gasteiger partial charge in [-0.25, -0.2) is 14.6 Å². The zero-order valence-corrected chi connectivity index (χ0v) is 16.3. The fraction of sp³-hybridized carbons (Fsp3) is 0.238. The van der Waals surface area contributed by atoms with E-state index < -0.39 is 35.5 Å². The highest BCUT2D eigenvalue weighted by atomic mass is 16.6. The highest BCUT2D eigenvalue weighted by Gasteiger charge is 2.21. The first kappa shape index (κ1) is 20.1. The molecule has 0 aliphatic carbocycles. The van der Waals surface area contributed by atoms with Gasteiger partial charge in [-0.3, -0.25) is 4.79 Å². The zero-order chi connectivity index (χ0) is 21.2. The van der Waals surface area contributed by atoms with Crippen LogP contribution in [-0.4, -0.2) is 29.0 Å². The minimum absolute atomic E-state index is 0.188. The van der Waals surface area contributed by atoms with Crippen molar-refractivity contribution < 1.29 is 18.7 Å². The number of nitrogens with zero attached hydrogens (tertiary/aromatic N) is 1. The number of alkyl carbamates (subject to hydrolysis) is 1. The lowest BCUT2D eigenvalue weighted by atomic mass is 9.99. The topological polar surface area (TPSA) is 125 Å². The maximum Gasteiger partial charge on any atom is 0.408 e. The number of amides is 1. The standard InChI is InChI=1S/C21H21N3O5/c1-21(2,3)29-20(27)23-11-15(25)18-24-14-10-9-13(22)16(17(14)19(26)28-18)12-7-5-4-6-8-12/h4-10H,11,22H2,1-3H3,(H,23,27). The molecule has 1 heterocycles. The summed E-state index contributed by atoms with van der Waals surface area (Å²) in [5.41, 5.74) is 6.54. The first-order valence-corrected chi connectivity index (χ1v) is 8.94. The summed E-state index contributed by atoms with van der Waals surface area (Å²) in [6.45, 7) is 4.69. The fourth-order valence-electron chi connectivity index (χ4n) is 2.76. The van der Waals surface area contributed by atoms with Crippen molar-refractivity contribution in [1.29, 1.82) is 0 Å². The molecule has 3 aromatic rings. The molecule has 0 spiro atoms. The average Bonchev–Trinajstić information content (AvgIpc) is 2.65. The van der Waals surface area contributed by atoms with Gasteiger partial charge in [-0.1, -0.05) is 30.3 Å². The molecule has 0 radical (unpaired) electrons. The molecule has 1 aromatic heterocycles. The number of Topliss-reactive ketones (excluding diaryl/α,β-unsaturated/α-hetero) is 1. The molecule has 0 fully saturated rings. The van der Waals surface area contributed by atoms with E-state index in [2.05, 4.69) is 10.3 Å². The van der Waals surface area contributed by atoms with Crippen molar-refractivity contribution in [3.05, 3.63) is 58.8 Å². The minimum atomic E-state index is -0.756. The van der Waals surface area contributed by atoms with Crippen LogP contribution in [0.15, 0.2) is 51.7 Å². The van der Waals surface area contributed by atoms with Crippen LogP contribution in [0.25, 0.3) is 22.0 Å². The number of hydrogen-bond acceptors (Lipinski definition) is 7. The third-order valence-electron chi connectivity index (χ3n) is 3.92. The summed E-state index contributed by atoms with van der Waals surface area (Å²) in [6, 6.07) is 12.3. The first-order chi connectivity index (χ1) is 13.7. The molecule has 0 unspecified atom stereocenters. The number of rotatable bonds is 4. The molecule has 0 bridgehead atoms. The first-order valence-electron chi connectivity index (χ1n) is 8.94. The van der Waals surface area contributed by atoms with E-state index in [1.165, 1.54) is 0 Å². The Kier molecular flexibility index (Phi) is 5.36. The molecule has 0 aliphatic rings. The van der Waals surface area contributed by atoms with Gasteiger partial charge in [0.25, 0.3) is 5.89 Å². The highest BCUT2D eigenvalue weighted by Crippen LogP contribution is 2.31. The van der Waals surface area contributed by atoms with Gasteiger partial charge in [-0.05, 0) is 38.5 Å². The van der Waals surface area contributed by atoms with Crippen LogP contribution in [0.2, 0.25) is 0 Å². The van der Waals surface area contributed by atoms with Crippen LogP contribution < -0.4 is 16.7 Å². The summed E-state index contributed by atoms with van der Waals surface area (Å²) >= 11 is 0. The lowest BCUT2D eigenvalue weighted by Gasteiger charge is -2.19. The predicted molar refractivity (Wildman–Crippen MR) is 109 cm³/mol. The zero-order valence-electron chi connectivity index (χ0n) is 16.3. The highest BCUT2D eigenvalue weighted by molar-refractivity contribution is 6.02. The van der Waals surface area contributed by atoms with Gasteiger partial charge in [0.05, 0.1) is 17.4 Å². The summed E-state index contributed by atoms with van der Waals surface area (Å²) < 4.78 is 10.2. The molecule has 0 saturated carbocycles. The summed E-state index contributed by atoms with van der Waals surface area (Å²) in [4.78, 5) is 40.8. The second kappa shape index (κ2) is 7.75. The molecule has 1 amide bonds. The number of benzene rings is 2. The minimum Gasteiger partial charge on any atom is -0.444 e. The summed E-state index contributed by atoms with van der Waals surface area (Å²) in [5, 5.41) is 2.51. The Labute approximate surface area is 166 Å². The number of carbonyl (C=O) groups excluding carboxylic acids is 2. The van der Waals surface area contributed by atoms with Crippen LogP contribution in [0, 0.1) is 0 Å². The second-order valence-corrected chi connectivity index (χ2v) is 7.38. The lowest BCUT2D eigenvalue weighted by Crippen LogP contribution is -2.35. The quantitative estimate of drug-likeness (QED) is 0.513. The summed E-state index contributed by atoms with van der Waals surface area (Å²) in [6.07, 6.45) is -0.756. The van der Waals surface area contributed by atoms with Gasteiger partial charge in [-0.15, -0.1) is 0 Å². The number of hydrogen-bond donors (Lipinski definition) is 2. The number of anilines is 1. The summed E-state index contributed by atoms with van der Waals surface area (Å²) in [5.74, 6) is -1.06. The van der Waals surface area contributed by atoms with Gasteiger partial charge in [-0.2, -0.15) is 0 Å². The van der Waals surface area contributed by atoms with E-state index in [1.807, 2.05) is 30.3 Å². The number of fused-ring (bicyclic) bond motifs is 1. The number of nitrogen functional groups attached to an aromatic ring is 1. The van der Waals surface area contributed by atoms with E-state index in [0.29, 0.717) is 11.3 Å². The SMILES string of the molecule is CC(C)(C)OC(=O)NCC(=O)c1nc2ccc(N)c(-c3ccccc3)c2c(=O)o1. The smallest absolute Gasteiger partial charge is 0.408 e. The van der Waals surface area contributed by atoms with Gasteiger partial charge < -0.3 is 20.2 Å². The normalized spacial score (nSPS) is 11.3. The van der Waals surface area contributed by atoms with Crippen molar-refractivity contribution in [2.45, 2.75) is 26.4 Å². The molecule has 0 aliphatic heterocycles. The second-order valence-electron chi connectivity index (χ2n) is 7.38. The van der Waals surface area contributed by atoms with Crippen LogP contribution in [0.3, 0.4) is 0 Å². The molecule has 29 heavy (non-hydrogen) atoms. The molecule has 150 valence electrons. The molecule has 3 rings (SSSR count). The van der Waals surface area contributed by atoms with Crippen LogP contribution in [0.1, 0.15) is 31.5 Å². The van der Waals surface area contributed by atoms with Crippen LogP contribution in [-0.2, 0) is 4.74 Å². The third-order valence-corrected chi connectivity index (χ3v) is 3.92. The van der Waals surface area contributed by atoms with E-state index in [0.717, 1.165) is 5.56 Å². The monoisotopic (exact) mass is 395 g/mol. The lowest BCUT2D eigenvalue weighted by molar-refractivity contribution is 0.0518. The van der Waals surface area contributed by atoms with Gasteiger partial charge in [0, 0.05) is 11.3 Å². The molecule has 0 atom stereocenters. The number of carbonyl (C=O) groups is 2. The Bertz CT molecular complexity index is 1130. The average molecular weight is 395 g/mol. The number of ether oxygens (including phenoxy) is 1. The predicted octanol–water partition coefficient (Wildman–Crippen LogP) is 3.14. The van der Waals surface area contributed by atoms with E-state index in [-0.39, 0.29) is 10.9 Å². The van der Waals surface area contributed by atoms with E-state index in [9.17, 15) is 14.4 Å². The largest absolute Gasteiger partial charge is 0.444 e. The van der Waals surface area contributed by atoms with Crippen molar-refractivity contribution in [3.63, 3.8) is 0 Å². The van der Waals surface area contributed by atoms with Crippen molar-refractivity contribution in [2.24, 2.45) is 0 Å². The Morgan fingerprint density at radius 3 is 2.48 bits per heavy atom. The van der Waals surface area contributed by atoms with E-state index in [1.54, 1.807) is 32.9 Å². The van der Waals surface area contributed by atoms with Crippen LogP contribution >= 0.6 is 0 Å². The molecule has 0 saturated heterocycles. The van der Waals surface area contributed by atoms with Crippen LogP contribution in [0.5, 0.6) is 0 Å². The van der Waals surface area contributed by atoms with Gasteiger partial charge in [0.1, 0.15) is 5.60 Å². The maximum absolute atomic E-state index is 12.6. The number of nitrogens with two attached hydrogens (primary N) is 1. The van der Waals surface area contributed by atoms with Gasteiger partial charge in [0.2, 0.25) is 5.78 Å². The Hall–Kier alpha value is -3.68. The van der Waals surface area contributed by atoms with Crippen molar-refractivity contribution in [1.82, 2.24) is 10.3 Å². The molecule has 2 aromatic carbocycles. The molecular weight excluding hydrogens is 374 g/mol. The van der Waals surface area contributed by atoms with Gasteiger partial charge >= 0.3 is 11.7 Å². The fourth-order valence-corrected chi connectivity index (χ4v) is 2.76. The summed E-state index contributed by atoms with van der Waals surface area (Å²) in [7, 11) is 0. The molecular formula is C21H21N3O5. The van der Waals surface area contributed by atoms with E-state index in [4.69, 9.17) is 14.9 Å². The molecule has 8 heteroatoms. The Morgan fingerprint density at radius 1 is 1.14 bits per heavy atom. The third kappa shape index (κ3) is 4.60. The van der Waals surface area contributed by atoms with Crippen molar-refractivity contribution >= 4 is 28.5 Å². The number of aromatic nitrogens is 1. The number of nitrogens with one attached hydrogen (secondary N) is 1. The van der Waals surface area contributed by atoms with Crippen molar-refractivity contribution in [2.75, 3.05) is 12.3 Å². The Balaban J connectivity index is 1.93. The Morgan fingerprint density at radius 2 is 1.83 bits per heavy atom. The molecule has 3 N–H and O–H groups in total. The van der Waals surface area contributed by atoms with E-state index >= 15 is 0 Å². The molecule has 8 nitrogen and oxygen atoms in total. The maximum atomic E-state index is 12.6. The van der Waals surface area contributed by atoms with Crippen molar-refractivity contribution in [3.8, 4) is 11.1 Å². The number of ketones is 1.